The second-order valence-corrected chi connectivity index (χ2v) is 16.9. The summed E-state index contributed by atoms with van der Waals surface area (Å²) >= 11 is 0. The molecule has 0 spiro atoms. The van der Waals surface area contributed by atoms with Crippen LogP contribution in [0.3, 0.4) is 0 Å². The van der Waals surface area contributed by atoms with Gasteiger partial charge in [0.05, 0.1) is 45.7 Å². The van der Waals surface area contributed by atoms with Gasteiger partial charge >= 0.3 is 12.1 Å². The molecule has 0 bridgehead atoms. The Morgan fingerprint density at radius 1 is 0.708 bits per heavy atom. The Morgan fingerprint density at radius 3 is 1.89 bits per heavy atom. The minimum Gasteiger partial charge on any atom is -0.493 e. The Morgan fingerprint density at radius 2 is 1.31 bits per heavy atom. The summed E-state index contributed by atoms with van der Waals surface area (Å²) in [6.07, 6.45) is 5.33. The molecule has 1 aliphatic rings. The zero-order valence-electron chi connectivity index (χ0n) is 38.5. The molecule has 1 heterocycles. The van der Waals surface area contributed by atoms with E-state index in [9.17, 15) is 9.59 Å². The van der Waals surface area contributed by atoms with Crippen molar-refractivity contribution in [3.8, 4) is 17.2 Å². The Bertz CT molecular complexity index is 2130. The molecule has 65 heavy (non-hydrogen) atoms. The third kappa shape index (κ3) is 13.9. The lowest BCUT2D eigenvalue weighted by Gasteiger charge is -2.36. The molecule has 0 saturated carbocycles. The first-order valence-corrected chi connectivity index (χ1v) is 22.5. The van der Waals surface area contributed by atoms with Crippen molar-refractivity contribution in [1.82, 2.24) is 9.80 Å². The monoisotopic (exact) mass is 884 g/mol. The number of hydrogen-bond acceptors (Lipinski definition) is 10. The molecule has 0 radical (unpaired) electrons. The predicted octanol–water partition coefficient (Wildman–Crippen LogP) is 10.1. The van der Waals surface area contributed by atoms with Gasteiger partial charge in [-0.2, -0.15) is 0 Å². The van der Waals surface area contributed by atoms with E-state index in [-0.39, 0.29) is 31.0 Å². The van der Waals surface area contributed by atoms with Gasteiger partial charge in [-0.1, -0.05) is 127 Å². The van der Waals surface area contributed by atoms with Crippen LogP contribution >= 0.6 is 0 Å². The minimum atomic E-state index is -0.859. The fraction of sp³-hybridized carbons (Fsp3) is 0.370. The molecule has 11 nitrogen and oxygen atoms in total. The first kappa shape index (κ1) is 48.3. The van der Waals surface area contributed by atoms with E-state index in [1.807, 2.05) is 118 Å². The molecule has 0 aliphatic carbocycles. The molecule has 344 valence electrons. The lowest BCUT2D eigenvalue weighted by atomic mass is 9.80. The number of hydrogen-bond donors (Lipinski definition) is 0. The molecule has 11 heteroatoms. The fourth-order valence-electron chi connectivity index (χ4n) is 7.85. The molecule has 1 saturated heterocycles. The number of carbonyl (C=O) groups excluding carboxylic acids is 2. The lowest BCUT2D eigenvalue weighted by Crippen LogP contribution is -2.39. The van der Waals surface area contributed by atoms with Crippen molar-refractivity contribution in [3.63, 3.8) is 0 Å². The van der Waals surface area contributed by atoms with Crippen LogP contribution in [0.5, 0.6) is 17.2 Å². The SMILES string of the molecule is COc1cc(C(=O)OCCCN2CCCN(C(=O)OC(C)(C)C)CC2)cc(OC/C=C/C(CCOC(c2ccccc2)(c2ccccc2)c2ccccc2)OCc2ccccc2)c1OC. The highest BCUT2D eigenvalue weighted by Gasteiger charge is 2.37. The zero-order chi connectivity index (χ0) is 45.9. The zero-order valence-corrected chi connectivity index (χ0v) is 38.5. The van der Waals surface area contributed by atoms with Crippen LogP contribution in [0.2, 0.25) is 0 Å². The molecule has 1 aliphatic heterocycles. The Labute approximate surface area is 384 Å². The highest BCUT2D eigenvalue weighted by Crippen LogP contribution is 2.41. The average molecular weight is 885 g/mol. The van der Waals surface area contributed by atoms with Crippen LogP contribution in [0.1, 0.15) is 72.6 Å². The third-order valence-electron chi connectivity index (χ3n) is 11.0. The van der Waals surface area contributed by atoms with E-state index in [2.05, 4.69) is 41.3 Å². The molecule has 5 aromatic rings. The van der Waals surface area contributed by atoms with E-state index < -0.39 is 17.2 Å². The molecule has 1 fully saturated rings. The van der Waals surface area contributed by atoms with Gasteiger partial charge in [0.25, 0.3) is 0 Å². The van der Waals surface area contributed by atoms with Crippen molar-refractivity contribution in [3.05, 3.63) is 173 Å². The van der Waals surface area contributed by atoms with Crippen molar-refractivity contribution in [2.75, 3.05) is 66.8 Å². The summed E-state index contributed by atoms with van der Waals surface area (Å²) in [5.41, 5.74) is 3.03. The molecular weight excluding hydrogens is 821 g/mol. The second kappa shape index (κ2) is 24.2. The van der Waals surface area contributed by atoms with E-state index in [0.29, 0.717) is 56.4 Å². The van der Waals surface area contributed by atoms with Gasteiger partial charge in [-0.3, -0.25) is 0 Å². The Balaban J connectivity index is 1.10. The standard InChI is InChI=1S/C54H64N2O9/c1-53(2,3)65-52(58)56-33-19-31-55(34-35-56)32-20-37-62-51(57)43-39-48(59-4)50(60-5)49(40-43)61-36-18-29-47(63-41-42-21-10-6-11-22-42)30-38-64-54(44-23-12-7-13-24-44,45-25-14-8-15-26-45)46-27-16-9-17-28-46/h6-18,21-29,39-40,47H,19-20,30-38,41H2,1-5H3/b29-18+. The number of esters is 1. The normalized spacial score (nSPS) is 14.1. The number of rotatable bonds is 21. The molecule has 1 amide bonds. The van der Waals surface area contributed by atoms with Crippen LogP contribution in [0.25, 0.3) is 0 Å². The number of amides is 1. The van der Waals surface area contributed by atoms with Gasteiger partial charge in [0.15, 0.2) is 11.5 Å². The maximum absolute atomic E-state index is 13.4. The van der Waals surface area contributed by atoms with E-state index >= 15 is 0 Å². The van der Waals surface area contributed by atoms with Crippen molar-refractivity contribution in [2.24, 2.45) is 0 Å². The molecule has 0 aromatic heterocycles. The van der Waals surface area contributed by atoms with Crippen LogP contribution < -0.4 is 14.2 Å². The summed E-state index contributed by atoms with van der Waals surface area (Å²) in [5, 5.41) is 0. The number of methoxy groups -OCH3 is 2. The first-order valence-electron chi connectivity index (χ1n) is 22.5. The number of nitrogens with zero attached hydrogens (tertiary/aromatic N) is 2. The van der Waals surface area contributed by atoms with Gasteiger partial charge in [0.2, 0.25) is 5.75 Å². The smallest absolute Gasteiger partial charge is 0.410 e. The number of carbonyl (C=O) groups is 2. The molecule has 0 N–H and O–H groups in total. The van der Waals surface area contributed by atoms with Crippen LogP contribution in [0, 0.1) is 0 Å². The molecule has 1 atom stereocenters. The van der Waals surface area contributed by atoms with Gasteiger partial charge in [0, 0.05) is 32.6 Å². The predicted molar refractivity (Wildman–Crippen MR) is 253 cm³/mol. The topological polar surface area (TPSA) is 105 Å². The van der Waals surface area contributed by atoms with Crippen molar-refractivity contribution < 1.29 is 42.7 Å². The highest BCUT2D eigenvalue weighted by molar-refractivity contribution is 5.91. The van der Waals surface area contributed by atoms with Crippen LogP contribution in [-0.4, -0.2) is 100 Å². The highest BCUT2D eigenvalue weighted by atomic mass is 16.6. The second-order valence-electron chi connectivity index (χ2n) is 16.9. The first-order chi connectivity index (χ1) is 31.6. The van der Waals surface area contributed by atoms with Crippen LogP contribution in [0.15, 0.2) is 146 Å². The third-order valence-corrected chi connectivity index (χ3v) is 11.0. The maximum atomic E-state index is 13.4. The maximum Gasteiger partial charge on any atom is 0.410 e. The van der Waals surface area contributed by atoms with Crippen molar-refractivity contribution in [1.29, 1.82) is 0 Å². The van der Waals surface area contributed by atoms with Crippen LogP contribution in [-0.2, 0) is 31.2 Å². The summed E-state index contributed by atoms with van der Waals surface area (Å²) in [5.74, 6) is 0.555. The van der Waals surface area contributed by atoms with Gasteiger partial charge in [-0.05, 0) is 80.6 Å². The summed E-state index contributed by atoms with van der Waals surface area (Å²) in [4.78, 5) is 30.0. The summed E-state index contributed by atoms with van der Waals surface area (Å²) in [6, 6.07) is 44.3. The Hall–Kier alpha value is -6.14. The number of benzene rings is 5. The average Bonchev–Trinajstić information content (AvgIpc) is 3.58. The summed E-state index contributed by atoms with van der Waals surface area (Å²) in [7, 11) is 3.04. The van der Waals surface area contributed by atoms with E-state index in [1.165, 1.54) is 14.2 Å². The van der Waals surface area contributed by atoms with Gasteiger partial charge < -0.3 is 43.0 Å². The van der Waals surface area contributed by atoms with Crippen molar-refractivity contribution in [2.45, 2.75) is 63.9 Å². The van der Waals surface area contributed by atoms with Crippen molar-refractivity contribution >= 4 is 12.1 Å². The van der Waals surface area contributed by atoms with Gasteiger partial charge in [-0.15, -0.1) is 0 Å². The van der Waals surface area contributed by atoms with Gasteiger partial charge in [0.1, 0.15) is 17.8 Å². The van der Waals surface area contributed by atoms with E-state index in [1.54, 1.807) is 17.0 Å². The summed E-state index contributed by atoms with van der Waals surface area (Å²) < 4.78 is 42.4. The van der Waals surface area contributed by atoms with E-state index in [4.69, 9.17) is 33.2 Å². The van der Waals surface area contributed by atoms with Crippen LogP contribution in [0.4, 0.5) is 4.79 Å². The molecule has 6 rings (SSSR count). The summed E-state index contributed by atoms with van der Waals surface area (Å²) in [6.45, 7) is 10.4. The number of ether oxygens (including phenoxy) is 7. The molecule has 5 aromatic carbocycles. The Kier molecular flexibility index (Phi) is 18.0. The molecular formula is C54H64N2O9. The van der Waals surface area contributed by atoms with Gasteiger partial charge in [-0.25, -0.2) is 9.59 Å². The fourth-order valence-corrected chi connectivity index (χ4v) is 7.85. The quantitative estimate of drug-likeness (QED) is 0.0306. The lowest BCUT2D eigenvalue weighted by molar-refractivity contribution is -0.0155. The minimum absolute atomic E-state index is 0.160. The molecule has 1 unspecified atom stereocenters. The van der Waals surface area contributed by atoms with E-state index in [0.717, 1.165) is 48.3 Å². The largest absolute Gasteiger partial charge is 0.493 e.